The van der Waals surface area contributed by atoms with E-state index in [2.05, 4.69) is 4.72 Å². The summed E-state index contributed by atoms with van der Waals surface area (Å²) >= 11 is 5.83. The van der Waals surface area contributed by atoms with E-state index in [0.717, 1.165) is 11.1 Å². The first kappa shape index (κ1) is 21.6. The molecule has 0 radical (unpaired) electrons. The minimum Gasteiger partial charge on any atom is -0.484 e. The lowest BCUT2D eigenvalue weighted by molar-refractivity contribution is -0.134. The van der Waals surface area contributed by atoms with Gasteiger partial charge in [0.2, 0.25) is 10.0 Å². The van der Waals surface area contributed by atoms with Crippen molar-refractivity contribution in [3.63, 3.8) is 0 Å². The van der Waals surface area contributed by atoms with Crippen LogP contribution in [0.25, 0.3) is 0 Å². The summed E-state index contributed by atoms with van der Waals surface area (Å²) in [5, 5.41) is 0.606. The molecule has 3 rings (SSSR count). The molecule has 1 fully saturated rings. The quantitative estimate of drug-likeness (QED) is 0.753. The first-order chi connectivity index (χ1) is 13.7. The molecule has 0 saturated carbocycles. The summed E-state index contributed by atoms with van der Waals surface area (Å²) in [7, 11) is -3.58. The maximum absolute atomic E-state index is 12.6. The van der Waals surface area contributed by atoms with Crippen molar-refractivity contribution in [3.05, 3.63) is 58.6 Å². The molecule has 0 spiro atoms. The molecule has 1 aliphatic heterocycles. The molecule has 1 aliphatic rings. The van der Waals surface area contributed by atoms with Crippen molar-refractivity contribution in [2.24, 2.45) is 0 Å². The lowest BCUT2D eigenvalue weighted by Gasteiger charge is -2.32. The van der Waals surface area contributed by atoms with Crippen molar-refractivity contribution in [2.45, 2.75) is 37.6 Å². The van der Waals surface area contributed by atoms with Crippen LogP contribution >= 0.6 is 11.6 Å². The molecule has 0 bridgehead atoms. The number of aryl methyl sites for hydroxylation is 2. The van der Waals surface area contributed by atoms with Crippen LogP contribution < -0.4 is 9.46 Å². The van der Waals surface area contributed by atoms with Gasteiger partial charge in [0.05, 0.1) is 4.90 Å². The zero-order chi connectivity index (χ0) is 21.0. The normalized spacial score (nSPS) is 15.3. The highest BCUT2D eigenvalue weighted by atomic mass is 35.5. The van der Waals surface area contributed by atoms with Crippen LogP contribution in [-0.4, -0.2) is 45.0 Å². The average Bonchev–Trinajstić information content (AvgIpc) is 2.69. The third-order valence-electron chi connectivity index (χ3n) is 5.13. The Balaban J connectivity index is 1.50. The van der Waals surface area contributed by atoms with Gasteiger partial charge < -0.3 is 9.64 Å². The number of rotatable bonds is 6. The number of amides is 1. The predicted molar refractivity (Wildman–Crippen MR) is 113 cm³/mol. The van der Waals surface area contributed by atoms with E-state index < -0.39 is 10.0 Å². The van der Waals surface area contributed by atoms with Crippen molar-refractivity contribution in [3.8, 4) is 5.75 Å². The highest BCUT2D eigenvalue weighted by Crippen LogP contribution is 2.19. The van der Waals surface area contributed by atoms with Crippen LogP contribution in [0.15, 0.2) is 47.4 Å². The molecule has 1 saturated heterocycles. The van der Waals surface area contributed by atoms with Gasteiger partial charge in [-0.2, -0.15) is 0 Å². The zero-order valence-corrected chi connectivity index (χ0v) is 18.1. The van der Waals surface area contributed by atoms with Crippen molar-refractivity contribution in [1.82, 2.24) is 9.62 Å². The molecule has 0 atom stereocenters. The molecule has 8 heteroatoms. The summed E-state index contributed by atoms with van der Waals surface area (Å²) in [6.45, 7) is 4.76. The Bertz CT molecular complexity index is 969. The van der Waals surface area contributed by atoms with Crippen molar-refractivity contribution >= 4 is 27.5 Å². The van der Waals surface area contributed by atoms with Gasteiger partial charge in [-0.15, -0.1) is 0 Å². The Labute approximate surface area is 176 Å². The van der Waals surface area contributed by atoms with E-state index in [1.54, 1.807) is 41.3 Å². The Morgan fingerprint density at radius 2 is 1.76 bits per heavy atom. The molecule has 29 heavy (non-hydrogen) atoms. The Hall–Kier alpha value is -2.09. The lowest BCUT2D eigenvalue weighted by atomic mass is 10.1. The van der Waals surface area contributed by atoms with Gasteiger partial charge in [0.1, 0.15) is 5.75 Å². The third-order valence-corrected chi connectivity index (χ3v) is 6.90. The van der Waals surface area contributed by atoms with Crippen LogP contribution in [0.4, 0.5) is 0 Å². The number of carbonyl (C=O) groups is 1. The number of benzene rings is 2. The maximum Gasteiger partial charge on any atom is 0.260 e. The van der Waals surface area contributed by atoms with Gasteiger partial charge in [0.25, 0.3) is 5.91 Å². The molecule has 1 N–H and O–H groups in total. The highest BCUT2D eigenvalue weighted by Gasteiger charge is 2.27. The molecule has 156 valence electrons. The Morgan fingerprint density at radius 3 is 2.38 bits per heavy atom. The number of hydrogen-bond donors (Lipinski definition) is 1. The van der Waals surface area contributed by atoms with Gasteiger partial charge in [-0.05, 0) is 74.2 Å². The molecule has 1 amide bonds. The van der Waals surface area contributed by atoms with Crippen LogP contribution in [-0.2, 0) is 14.8 Å². The van der Waals surface area contributed by atoms with E-state index in [1.165, 1.54) is 0 Å². The fraction of sp³-hybridized carbons (Fsp3) is 0.381. The standard InChI is InChI=1S/C21H25ClN2O4S/c1-15-3-8-20(13-16(15)2)29(26,27)23-18-9-11-24(12-10-18)21(25)14-28-19-6-4-17(22)5-7-19/h3-8,13,18,23H,9-12,14H2,1-2H3. The van der Waals surface area contributed by atoms with Gasteiger partial charge in [0.15, 0.2) is 6.61 Å². The van der Waals surface area contributed by atoms with E-state index in [0.29, 0.717) is 36.7 Å². The van der Waals surface area contributed by atoms with E-state index in [9.17, 15) is 13.2 Å². The molecule has 1 heterocycles. The minimum absolute atomic E-state index is 0.0549. The summed E-state index contributed by atoms with van der Waals surface area (Å²) in [5.41, 5.74) is 1.99. The van der Waals surface area contributed by atoms with Crippen LogP contribution in [0.1, 0.15) is 24.0 Å². The molecular weight excluding hydrogens is 412 g/mol. The second-order valence-corrected chi connectivity index (χ2v) is 9.42. The largest absolute Gasteiger partial charge is 0.484 e. The average molecular weight is 437 g/mol. The number of carbonyl (C=O) groups excluding carboxylic acids is 1. The number of likely N-dealkylation sites (tertiary alicyclic amines) is 1. The molecule has 2 aromatic rings. The van der Waals surface area contributed by atoms with E-state index in [1.807, 2.05) is 19.9 Å². The summed E-state index contributed by atoms with van der Waals surface area (Å²) in [5.74, 6) is 0.467. The van der Waals surface area contributed by atoms with E-state index in [-0.39, 0.29) is 23.5 Å². The molecule has 0 aromatic heterocycles. The lowest BCUT2D eigenvalue weighted by Crippen LogP contribution is -2.47. The molecule has 2 aromatic carbocycles. The van der Waals surface area contributed by atoms with Gasteiger partial charge in [-0.3, -0.25) is 4.79 Å². The topological polar surface area (TPSA) is 75.7 Å². The number of hydrogen-bond acceptors (Lipinski definition) is 4. The fourth-order valence-corrected chi connectivity index (χ4v) is 4.70. The van der Waals surface area contributed by atoms with Crippen molar-refractivity contribution < 1.29 is 17.9 Å². The molecular formula is C21H25ClN2O4S. The zero-order valence-electron chi connectivity index (χ0n) is 16.5. The Morgan fingerprint density at radius 1 is 1.10 bits per heavy atom. The van der Waals surface area contributed by atoms with E-state index >= 15 is 0 Å². The Kier molecular flexibility index (Phi) is 6.82. The second-order valence-electron chi connectivity index (χ2n) is 7.27. The maximum atomic E-state index is 12.6. The summed E-state index contributed by atoms with van der Waals surface area (Å²) in [6, 6.07) is 11.8. The van der Waals surface area contributed by atoms with Gasteiger partial charge in [0, 0.05) is 24.2 Å². The van der Waals surface area contributed by atoms with Crippen LogP contribution in [0.3, 0.4) is 0 Å². The van der Waals surface area contributed by atoms with Crippen molar-refractivity contribution in [1.29, 1.82) is 0 Å². The number of sulfonamides is 1. The van der Waals surface area contributed by atoms with Crippen molar-refractivity contribution in [2.75, 3.05) is 19.7 Å². The van der Waals surface area contributed by atoms with Gasteiger partial charge in [-0.1, -0.05) is 17.7 Å². The molecule has 0 aliphatic carbocycles. The number of piperidine rings is 1. The van der Waals surface area contributed by atoms with E-state index in [4.69, 9.17) is 16.3 Å². The predicted octanol–water partition coefficient (Wildman–Crippen LogP) is 3.31. The van der Waals surface area contributed by atoms with Gasteiger partial charge in [-0.25, -0.2) is 13.1 Å². The number of nitrogens with zero attached hydrogens (tertiary/aromatic N) is 1. The summed E-state index contributed by atoms with van der Waals surface area (Å²) < 4.78 is 33.6. The molecule has 0 unspecified atom stereocenters. The fourth-order valence-electron chi connectivity index (χ4n) is 3.18. The van der Waals surface area contributed by atoms with Crippen LogP contribution in [0, 0.1) is 13.8 Å². The number of halogens is 1. The van der Waals surface area contributed by atoms with Gasteiger partial charge >= 0.3 is 0 Å². The molecule has 6 nitrogen and oxygen atoms in total. The monoisotopic (exact) mass is 436 g/mol. The third kappa shape index (κ3) is 5.72. The first-order valence-corrected chi connectivity index (χ1v) is 11.4. The highest BCUT2D eigenvalue weighted by molar-refractivity contribution is 7.89. The first-order valence-electron chi connectivity index (χ1n) is 9.50. The summed E-state index contributed by atoms with van der Waals surface area (Å²) in [4.78, 5) is 14.3. The minimum atomic E-state index is -3.58. The number of nitrogens with one attached hydrogen (secondary N) is 1. The number of ether oxygens (including phenoxy) is 1. The van der Waals surface area contributed by atoms with Crippen LogP contribution in [0.5, 0.6) is 5.75 Å². The smallest absolute Gasteiger partial charge is 0.260 e. The second kappa shape index (κ2) is 9.15. The summed E-state index contributed by atoms with van der Waals surface area (Å²) in [6.07, 6.45) is 1.13. The van der Waals surface area contributed by atoms with Crippen LogP contribution in [0.2, 0.25) is 5.02 Å². The SMILES string of the molecule is Cc1ccc(S(=O)(=O)NC2CCN(C(=O)COc3ccc(Cl)cc3)CC2)cc1C.